The van der Waals surface area contributed by atoms with E-state index in [1.807, 2.05) is 6.07 Å². The fraction of sp³-hybridized carbons (Fsp3) is 0.455. The first-order chi connectivity index (χ1) is 7.78. The van der Waals surface area contributed by atoms with Crippen LogP contribution in [0.2, 0.25) is 0 Å². The highest BCUT2D eigenvalue weighted by atomic mass is 32.1. The first-order valence-corrected chi connectivity index (χ1v) is 6.17. The predicted octanol–water partition coefficient (Wildman–Crippen LogP) is 1.66. The van der Waals surface area contributed by atoms with Crippen LogP contribution in [0, 0.1) is 0 Å². The number of aromatic nitrogens is 2. The van der Waals surface area contributed by atoms with Gasteiger partial charge >= 0.3 is 0 Å². The van der Waals surface area contributed by atoms with Crippen LogP contribution in [0.25, 0.3) is 10.2 Å². The number of nitrogens with two attached hydrogens (primary N) is 1. The normalized spacial score (nSPS) is 20.1. The Hall–Kier alpha value is -1.04. The first-order valence-electron chi connectivity index (χ1n) is 5.36. The Morgan fingerprint density at radius 2 is 2.19 bits per heavy atom. The molecule has 1 saturated heterocycles. The molecule has 2 N–H and O–H groups in total. The third kappa shape index (κ3) is 1.61. The molecule has 16 heavy (non-hydrogen) atoms. The Kier molecular flexibility index (Phi) is 2.38. The first kappa shape index (κ1) is 10.1. The molecule has 3 heterocycles. The molecule has 0 radical (unpaired) electrons. The molecule has 0 saturated carbocycles. The SMILES string of the molecule is NC1(c2nc3cnccc3s2)CCOCC1. The van der Waals surface area contributed by atoms with Crippen molar-refractivity contribution >= 4 is 21.6 Å². The largest absolute Gasteiger partial charge is 0.381 e. The Balaban J connectivity index is 2.04. The third-order valence-electron chi connectivity index (χ3n) is 3.00. The number of hydrogen-bond donors (Lipinski definition) is 1. The van der Waals surface area contributed by atoms with E-state index in [0.29, 0.717) is 0 Å². The van der Waals surface area contributed by atoms with Crippen LogP contribution in [0.1, 0.15) is 17.8 Å². The molecule has 1 aliphatic rings. The zero-order valence-corrected chi connectivity index (χ0v) is 9.67. The summed E-state index contributed by atoms with van der Waals surface area (Å²) in [5.74, 6) is 0. The fourth-order valence-electron chi connectivity index (χ4n) is 1.94. The van der Waals surface area contributed by atoms with Gasteiger partial charge in [0.25, 0.3) is 0 Å². The lowest BCUT2D eigenvalue weighted by Gasteiger charge is -2.31. The molecular weight excluding hydrogens is 222 g/mol. The van der Waals surface area contributed by atoms with E-state index in [-0.39, 0.29) is 5.54 Å². The number of pyridine rings is 1. The lowest BCUT2D eigenvalue weighted by atomic mass is 9.92. The number of thiazole rings is 1. The lowest BCUT2D eigenvalue weighted by molar-refractivity contribution is 0.0522. The van der Waals surface area contributed by atoms with Crippen molar-refractivity contribution in [3.05, 3.63) is 23.5 Å². The Morgan fingerprint density at radius 3 is 2.94 bits per heavy atom. The van der Waals surface area contributed by atoms with Crippen molar-refractivity contribution in [3.63, 3.8) is 0 Å². The van der Waals surface area contributed by atoms with Gasteiger partial charge in [0, 0.05) is 19.4 Å². The molecule has 84 valence electrons. The molecule has 2 aromatic heterocycles. The fourth-order valence-corrected chi connectivity index (χ4v) is 3.03. The molecule has 0 amide bonds. The van der Waals surface area contributed by atoms with Gasteiger partial charge in [-0.25, -0.2) is 4.98 Å². The van der Waals surface area contributed by atoms with Gasteiger partial charge in [-0.3, -0.25) is 4.98 Å². The molecule has 2 aromatic rings. The Bertz CT molecular complexity index is 472. The van der Waals surface area contributed by atoms with Crippen molar-refractivity contribution in [1.29, 1.82) is 0 Å². The van der Waals surface area contributed by atoms with Gasteiger partial charge in [-0.15, -0.1) is 11.3 Å². The summed E-state index contributed by atoms with van der Waals surface area (Å²) in [6, 6.07) is 1.99. The summed E-state index contributed by atoms with van der Waals surface area (Å²) in [4.78, 5) is 8.66. The molecule has 5 heteroatoms. The molecule has 0 unspecified atom stereocenters. The molecule has 0 aromatic carbocycles. The van der Waals surface area contributed by atoms with Gasteiger partial charge in [0.15, 0.2) is 0 Å². The monoisotopic (exact) mass is 235 g/mol. The van der Waals surface area contributed by atoms with E-state index in [1.54, 1.807) is 23.7 Å². The summed E-state index contributed by atoms with van der Waals surface area (Å²) in [5.41, 5.74) is 7.03. The second kappa shape index (κ2) is 3.76. The highest BCUT2D eigenvalue weighted by molar-refractivity contribution is 7.18. The van der Waals surface area contributed by atoms with Crippen LogP contribution < -0.4 is 5.73 Å². The van der Waals surface area contributed by atoms with Crippen LogP contribution in [0.3, 0.4) is 0 Å². The zero-order valence-electron chi connectivity index (χ0n) is 8.85. The summed E-state index contributed by atoms with van der Waals surface area (Å²) in [7, 11) is 0. The minimum Gasteiger partial charge on any atom is -0.381 e. The highest BCUT2D eigenvalue weighted by Crippen LogP contribution is 2.34. The molecule has 1 aliphatic heterocycles. The van der Waals surface area contributed by atoms with E-state index < -0.39 is 0 Å². The minimum absolute atomic E-state index is 0.304. The van der Waals surface area contributed by atoms with Gasteiger partial charge in [0.2, 0.25) is 0 Å². The molecule has 3 rings (SSSR count). The molecule has 0 aliphatic carbocycles. The van der Waals surface area contributed by atoms with Crippen molar-refractivity contribution in [2.75, 3.05) is 13.2 Å². The van der Waals surface area contributed by atoms with Gasteiger partial charge < -0.3 is 10.5 Å². The van der Waals surface area contributed by atoms with Crippen molar-refractivity contribution in [2.45, 2.75) is 18.4 Å². The summed E-state index contributed by atoms with van der Waals surface area (Å²) in [5, 5.41) is 1.01. The van der Waals surface area contributed by atoms with Gasteiger partial charge in [-0.05, 0) is 18.9 Å². The maximum atomic E-state index is 6.39. The third-order valence-corrected chi connectivity index (χ3v) is 4.26. The number of fused-ring (bicyclic) bond motifs is 1. The van der Waals surface area contributed by atoms with Crippen LogP contribution in [-0.2, 0) is 10.3 Å². The van der Waals surface area contributed by atoms with Crippen LogP contribution >= 0.6 is 11.3 Å². The van der Waals surface area contributed by atoms with E-state index in [9.17, 15) is 0 Å². The van der Waals surface area contributed by atoms with Crippen molar-refractivity contribution in [3.8, 4) is 0 Å². The van der Waals surface area contributed by atoms with Crippen LogP contribution in [0.4, 0.5) is 0 Å². The number of rotatable bonds is 1. The van der Waals surface area contributed by atoms with E-state index in [0.717, 1.165) is 41.3 Å². The van der Waals surface area contributed by atoms with Crippen LogP contribution in [0.5, 0.6) is 0 Å². The van der Waals surface area contributed by atoms with Crippen molar-refractivity contribution in [1.82, 2.24) is 9.97 Å². The highest BCUT2D eigenvalue weighted by Gasteiger charge is 2.33. The van der Waals surface area contributed by atoms with Gasteiger partial charge in [-0.2, -0.15) is 0 Å². The molecule has 0 spiro atoms. The smallest absolute Gasteiger partial charge is 0.114 e. The molecular formula is C11H13N3OS. The van der Waals surface area contributed by atoms with Crippen molar-refractivity contribution in [2.24, 2.45) is 5.73 Å². The topological polar surface area (TPSA) is 61.0 Å². The summed E-state index contributed by atoms with van der Waals surface area (Å²) < 4.78 is 6.50. The minimum atomic E-state index is -0.304. The maximum absolute atomic E-state index is 6.39. The summed E-state index contributed by atoms with van der Waals surface area (Å²) in [6.45, 7) is 1.45. The standard InChI is InChI=1S/C11H13N3OS/c12-11(2-5-15-6-3-11)10-14-8-7-13-4-1-9(8)16-10/h1,4,7H,2-3,5-6,12H2. The Labute approximate surface area is 97.5 Å². The average molecular weight is 235 g/mol. The average Bonchev–Trinajstić information content (AvgIpc) is 2.74. The Morgan fingerprint density at radius 1 is 1.38 bits per heavy atom. The lowest BCUT2D eigenvalue weighted by Crippen LogP contribution is -2.42. The van der Waals surface area contributed by atoms with Crippen LogP contribution in [-0.4, -0.2) is 23.2 Å². The van der Waals surface area contributed by atoms with E-state index in [4.69, 9.17) is 10.5 Å². The molecule has 1 fully saturated rings. The molecule has 0 bridgehead atoms. The van der Waals surface area contributed by atoms with E-state index in [2.05, 4.69) is 9.97 Å². The quantitative estimate of drug-likeness (QED) is 0.816. The van der Waals surface area contributed by atoms with Gasteiger partial charge in [-0.1, -0.05) is 0 Å². The number of nitrogens with zero attached hydrogens (tertiary/aromatic N) is 2. The second-order valence-corrected chi connectivity index (χ2v) is 5.16. The summed E-state index contributed by atoms with van der Waals surface area (Å²) >= 11 is 1.67. The maximum Gasteiger partial charge on any atom is 0.114 e. The van der Waals surface area contributed by atoms with Gasteiger partial charge in [0.05, 0.1) is 22.0 Å². The number of hydrogen-bond acceptors (Lipinski definition) is 5. The summed E-state index contributed by atoms with van der Waals surface area (Å²) in [6.07, 6.45) is 5.27. The van der Waals surface area contributed by atoms with E-state index in [1.165, 1.54) is 0 Å². The molecule has 4 nitrogen and oxygen atoms in total. The van der Waals surface area contributed by atoms with Gasteiger partial charge in [0.1, 0.15) is 5.01 Å². The number of ether oxygens (including phenoxy) is 1. The van der Waals surface area contributed by atoms with E-state index >= 15 is 0 Å². The van der Waals surface area contributed by atoms with Crippen LogP contribution in [0.15, 0.2) is 18.5 Å². The van der Waals surface area contributed by atoms with Crippen molar-refractivity contribution < 1.29 is 4.74 Å². The predicted molar refractivity (Wildman–Crippen MR) is 63.3 cm³/mol. The zero-order chi connectivity index (χ0) is 11.0. The molecule has 0 atom stereocenters. The second-order valence-electron chi connectivity index (χ2n) is 4.13.